The van der Waals surface area contributed by atoms with E-state index in [1.165, 1.54) is 4.90 Å². The number of nitrogens with zero attached hydrogens (tertiary/aromatic N) is 3. The van der Waals surface area contributed by atoms with Crippen LogP contribution < -0.4 is 10.2 Å². The van der Waals surface area contributed by atoms with E-state index in [-0.39, 0.29) is 12.0 Å². The van der Waals surface area contributed by atoms with Gasteiger partial charge in [0.1, 0.15) is 6.54 Å². The number of halogens is 3. The summed E-state index contributed by atoms with van der Waals surface area (Å²) in [5.74, 6) is 0.165. The zero-order valence-corrected chi connectivity index (χ0v) is 11.6. The van der Waals surface area contributed by atoms with Crippen LogP contribution in [0.1, 0.15) is 32.3 Å². The van der Waals surface area contributed by atoms with E-state index in [1.54, 1.807) is 12.4 Å². The zero-order valence-electron chi connectivity index (χ0n) is 11.6. The second kappa shape index (κ2) is 5.95. The van der Waals surface area contributed by atoms with Gasteiger partial charge >= 0.3 is 6.18 Å². The lowest BCUT2D eigenvalue weighted by Gasteiger charge is -2.23. The predicted molar refractivity (Wildman–Crippen MR) is 70.4 cm³/mol. The van der Waals surface area contributed by atoms with E-state index in [0.29, 0.717) is 12.6 Å². The van der Waals surface area contributed by atoms with Crippen molar-refractivity contribution in [3.05, 3.63) is 18.0 Å². The molecule has 7 heteroatoms. The average molecular weight is 288 g/mol. The molecule has 0 aliphatic heterocycles. The monoisotopic (exact) mass is 288 g/mol. The topological polar surface area (TPSA) is 41.1 Å². The molecule has 112 valence electrons. The number of alkyl halides is 3. The molecule has 2 rings (SSSR count). The number of nitrogens with one attached hydrogen (secondary N) is 1. The summed E-state index contributed by atoms with van der Waals surface area (Å²) in [5.41, 5.74) is 0.866. The van der Waals surface area contributed by atoms with Gasteiger partial charge in [0.15, 0.2) is 0 Å². The zero-order chi connectivity index (χ0) is 14.8. The van der Waals surface area contributed by atoms with Crippen LogP contribution in [0.15, 0.2) is 12.4 Å². The Kier molecular flexibility index (Phi) is 4.47. The maximum absolute atomic E-state index is 12.6. The smallest absolute Gasteiger partial charge is 0.329 e. The van der Waals surface area contributed by atoms with Gasteiger partial charge in [0.05, 0.1) is 0 Å². The minimum Gasteiger partial charge on any atom is -0.329 e. The molecule has 0 aromatic carbocycles. The quantitative estimate of drug-likeness (QED) is 0.873. The van der Waals surface area contributed by atoms with Crippen LogP contribution in [-0.4, -0.2) is 34.8 Å². The van der Waals surface area contributed by atoms with Crippen molar-refractivity contribution in [1.29, 1.82) is 0 Å². The van der Waals surface area contributed by atoms with E-state index in [0.717, 1.165) is 18.4 Å². The Morgan fingerprint density at radius 3 is 2.35 bits per heavy atom. The van der Waals surface area contributed by atoms with Gasteiger partial charge in [-0.25, -0.2) is 9.97 Å². The summed E-state index contributed by atoms with van der Waals surface area (Å²) in [6.45, 7) is 3.67. The SMILES string of the molecule is CC(C)NCc1cnc(N(CC(F)(F)F)C2CC2)nc1. The van der Waals surface area contributed by atoms with Gasteiger partial charge in [0, 0.05) is 36.6 Å². The molecule has 20 heavy (non-hydrogen) atoms. The first-order valence-electron chi connectivity index (χ1n) is 6.73. The molecule has 1 saturated carbocycles. The van der Waals surface area contributed by atoms with Crippen molar-refractivity contribution in [2.45, 2.75) is 51.5 Å². The van der Waals surface area contributed by atoms with Crippen molar-refractivity contribution in [1.82, 2.24) is 15.3 Å². The van der Waals surface area contributed by atoms with E-state index in [9.17, 15) is 13.2 Å². The highest BCUT2D eigenvalue weighted by Gasteiger charge is 2.39. The fourth-order valence-corrected chi connectivity index (χ4v) is 1.85. The first-order chi connectivity index (χ1) is 9.35. The lowest BCUT2D eigenvalue weighted by Crippen LogP contribution is -2.37. The number of rotatable bonds is 6. The van der Waals surface area contributed by atoms with Crippen LogP contribution in [0.2, 0.25) is 0 Å². The average Bonchev–Trinajstić information content (AvgIpc) is 3.17. The van der Waals surface area contributed by atoms with E-state index in [1.807, 2.05) is 13.8 Å². The van der Waals surface area contributed by atoms with E-state index in [4.69, 9.17) is 0 Å². The molecule has 1 fully saturated rings. The van der Waals surface area contributed by atoms with Crippen LogP contribution in [0.4, 0.5) is 19.1 Å². The molecule has 1 aliphatic carbocycles. The fraction of sp³-hybridized carbons (Fsp3) is 0.692. The molecule has 1 aromatic heterocycles. The molecule has 0 radical (unpaired) electrons. The summed E-state index contributed by atoms with van der Waals surface area (Å²) in [6, 6.07) is 0.263. The Hall–Kier alpha value is -1.37. The minimum absolute atomic E-state index is 0.0729. The Labute approximate surface area is 116 Å². The summed E-state index contributed by atoms with van der Waals surface area (Å²) in [6.07, 6.45) is 0.489. The van der Waals surface area contributed by atoms with Crippen LogP contribution in [0.25, 0.3) is 0 Å². The van der Waals surface area contributed by atoms with Crippen LogP contribution in [0.5, 0.6) is 0 Å². The highest BCUT2D eigenvalue weighted by Crippen LogP contribution is 2.32. The number of hydrogen-bond donors (Lipinski definition) is 1. The van der Waals surface area contributed by atoms with Gasteiger partial charge in [-0.3, -0.25) is 0 Å². The fourth-order valence-electron chi connectivity index (χ4n) is 1.85. The molecule has 0 amide bonds. The van der Waals surface area contributed by atoms with Gasteiger partial charge in [-0.1, -0.05) is 13.8 Å². The molecular formula is C13H19F3N4. The molecule has 0 saturated heterocycles. The lowest BCUT2D eigenvalue weighted by molar-refractivity contribution is -0.120. The largest absolute Gasteiger partial charge is 0.406 e. The normalized spacial score (nSPS) is 15.7. The van der Waals surface area contributed by atoms with Crippen LogP contribution in [0.3, 0.4) is 0 Å². The van der Waals surface area contributed by atoms with Crippen LogP contribution in [0, 0.1) is 0 Å². The third-order valence-electron chi connectivity index (χ3n) is 3.00. The molecule has 0 unspecified atom stereocenters. The molecule has 0 spiro atoms. The Morgan fingerprint density at radius 1 is 1.30 bits per heavy atom. The Morgan fingerprint density at radius 2 is 1.90 bits per heavy atom. The molecule has 1 heterocycles. The van der Waals surface area contributed by atoms with E-state index >= 15 is 0 Å². The first-order valence-corrected chi connectivity index (χ1v) is 6.73. The second-order valence-electron chi connectivity index (χ2n) is 5.40. The van der Waals surface area contributed by atoms with E-state index in [2.05, 4.69) is 15.3 Å². The van der Waals surface area contributed by atoms with Crippen molar-refractivity contribution in [2.24, 2.45) is 0 Å². The Bertz CT molecular complexity index is 426. The maximum atomic E-state index is 12.6. The van der Waals surface area contributed by atoms with Gasteiger partial charge < -0.3 is 10.2 Å². The Balaban J connectivity index is 2.02. The molecule has 4 nitrogen and oxygen atoms in total. The minimum atomic E-state index is -4.23. The highest BCUT2D eigenvalue weighted by molar-refractivity contribution is 5.34. The van der Waals surface area contributed by atoms with Crippen molar-refractivity contribution in [2.75, 3.05) is 11.4 Å². The van der Waals surface area contributed by atoms with Crippen LogP contribution in [-0.2, 0) is 6.54 Å². The summed E-state index contributed by atoms with van der Waals surface area (Å²) >= 11 is 0. The molecule has 1 N–H and O–H groups in total. The van der Waals surface area contributed by atoms with Gasteiger partial charge in [0.2, 0.25) is 5.95 Å². The standard InChI is InChI=1S/C13H19F3N4/c1-9(2)17-5-10-6-18-12(19-7-10)20(11-3-4-11)8-13(14,15)16/h6-7,9,11,17H,3-5,8H2,1-2H3. The maximum Gasteiger partial charge on any atom is 0.406 e. The van der Waals surface area contributed by atoms with Crippen molar-refractivity contribution >= 4 is 5.95 Å². The molecular weight excluding hydrogens is 269 g/mol. The number of hydrogen-bond acceptors (Lipinski definition) is 4. The second-order valence-corrected chi connectivity index (χ2v) is 5.40. The number of anilines is 1. The summed E-state index contributed by atoms with van der Waals surface area (Å²) in [4.78, 5) is 9.40. The van der Waals surface area contributed by atoms with E-state index < -0.39 is 12.7 Å². The van der Waals surface area contributed by atoms with Gasteiger partial charge in [-0.2, -0.15) is 13.2 Å². The summed E-state index contributed by atoms with van der Waals surface area (Å²) in [5, 5.41) is 3.21. The van der Waals surface area contributed by atoms with Crippen molar-refractivity contribution in [3.8, 4) is 0 Å². The third-order valence-corrected chi connectivity index (χ3v) is 3.00. The third kappa shape index (κ3) is 4.63. The lowest BCUT2D eigenvalue weighted by atomic mass is 10.3. The molecule has 0 bridgehead atoms. The van der Waals surface area contributed by atoms with Gasteiger partial charge in [-0.15, -0.1) is 0 Å². The molecule has 1 aliphatic rings. The van der Waals surface area contributed by atoms with Crippen LogP contribution >= 0.6 is 0 Å². The molecule has 1 aromatic rings. The van der Waals surface area contributed by atoms with Gasteiger partial charge in [-0.05, 0) is 12.8 Å². The highest BCUT2D eigenvalue weighted by atomic mass is 19.4. The predicted octanol–water partition coefficient (Wildman–Crippen LogP) is 2.51. The first kappa shape index (κ1) is 15.0. The van der Waals surface area contributed by atoms with Crippen molar-refractivity contribution in [3.63, 3.8) is 0 Å². The van der Waals surface area contributed by atoms with Gasteiger partial charge in [0.25, 0.3) is 0 Å². The summed E-state index contributed by atoms with van der Waals surface area (Å²) in [7, 11) is 0. The molecule has 0 atom stereocenters. The van der Waals surface area contributed by atoms with Crippen molar-refractivity contribution < 1.29 is 13.2 Å². The summed E-state index contributed by atoms with van der Waals surface area (Å²) < 4.78 is 37.7. The number of aromatic nitrogens is 2.